The molecule has 1 heterocycles. The van der Waals surface area contributed by atoms with E-state index < -0.39 is 0 Å². The Kier molecular flexibility index (Phi) is 8.22. The summed E-state index contributed by atoms with van der Waals surface area (Å²) in [5.41, 5.74) is 1.75. The molecule has 0 aromatic heterocycles. The minimum atomic E-state index is -0.287. The zero-order valence-electron chi connectivity index (χ0n) is 22.1. The van der Waals surface area contributed by atoms with Crippen molar-refractivity contribution >= 4 is 35.1 Å². The summed E-state index contributed by atoms with van der Waals surface area (Å²) in [5.74, 6) is 1.38. The molecule has 38 heavy (non-hydrogen) atoms. The molecule has 1 aliphatic heterocycles. The highest BCUT2D eigenvalue weighted by Gasteiger charge is 2.54. The minimum absolute atomic E-state index is 0.0830. The van der Waals surface area contributed by atoms with Crippen LogP contribution < -0.4 is 10.1 Å². The number of carbonyl (C=O) groups is 2. The second-order valence-corrected chi connectivity index (χ2v) is 12.0. The molecule has 0 radical (unpaired) electrons. The van der Waals surface area contributed by atoms with Gasteiger partial charge in [0.05, 0.1) is 23.6 Å². The summed E-state index contributed by atoms with van der Waals surface area (Å²) in [7, 11) is 1.68. The summed E-state index contributed by atoms with van der Waals surface area (Å²) in [6.45, 7) is 4.46. The van der Waals surface area contributed by atoms with Crippen molar-refractivity contribution in [3.8, 4) is 5.75 Å². The maximum Gasteiger partial charge on any atom is 0.302 e. The van der Waals surface area contributed by atoms with Gasteiger partial charge in [0.15, 0.2) is 0 Å². The van der Waals surface area contributed by atoms with E-state index in [9.17, 15) is 9.59 Å². The molecule has 1 amide bonds. The zero-order chi connectivity index (χ0) is 26.9. The number of nitrogens with one attached hydrogen (secondary N) is 1. The fourth-order valence-electron chi connectivity index (χ4n) is 6.59. The molecule has 3 fully saturated rings. The van der Waals surface area contributed by atoms with Crippen LogP contribution in [0.3, 0.4) is 0 Å². The lowest BCUT2D eigenvalue weighted by Gasteiger charge is -2.55. The number of amides is 1. The third-order valence-electron chi connectivity index (χ3n) is 8.50. The van der Waals surface area contributed by atoms with Crippen LogP contribution in [0.15, 0.2) is 42.5 Å². The van der Waals surface area contributed by atoms with Crippen LogP contribution in [-0.2, 0) is 26.2 Å². The summed E-state index contributed by atoms with van der Waals surface area (Å²) in [4.78, 5) is 28.0. The van der Waals surface area contributed by atoms with Crippen molar-refractivity contribution in [3.05, 3.63) is 63.6 Å². The lowest BCUT2D eigenvalue weighted by atomic mass is 9.57. The van der Waals surface area contributed by atoms with Gasteiger partial charge in [0.25, 0.3) is 0 Å². The number of ether oxygens (including phenoxy) is 2. The molecule has 5 rings (SSSR count). The summed E-state index contributed by atoms with van der Waals surface area (Å²) < 4.78 is 11.6. The maximum atomic E-state index is 13.2. The topological polar surface area (TPSA) is 67.9 Å². The molecule has 2 aromatic carbocycles. The van der Waals surface area contributed by atoms with Gasteiger partial charge in [0.2, 0.25) is 5.91 Å². The molecule has 6 nitrogen and oxygen atoms in total. The molecule has 1 saturated heterocycles. The Hall–Kier alpha value is -2.28. The van der Waals surface area contributed by atoms with Crippen LogP contribution in [0.25, 0.3) is 0 Å². The molecule has 3 unspecified atom stereocenters. The molecule has 2 aliphatic carbocycles. The van der Waals surface area contributed by atoms with Gasteiger partial charge in [-0.2, -0.15) is 0 Å². The Morgan fingerprint density at radius 2 is 1.95 bits per heavy atom. The SMILES string of the molecule is COc1cccc(C23CCN(CC4CC4)CC2C(OC(C)=O)C[C@@H](NC(=O)Cc2ccc(Cl)c(Cl)c2)C3)c1. The third kappa shape index (κ3) is 6.13. The molecular formula is C30H36Cl2N2O4. The number of fused-ring (bicyclic) bond motifs is 1. The van der Waals surface area contributed by atoms with Crippen molar-refractivity contribution in [1.82, 2.24) is 10.2 Å². The van der Waals surface area contributed by atoms with E-state index in [1.807, 2.05) is 18.2 Å². The van der Waals surface area contributed by atoms with Crippen LogP contribution in [-0.4, -0.2) is 55.7 Å². The number of methoxy groups -OCH3 is 1. The van der Waals surface area contributed by atoms with E-state index in [4.69, 9.17) is 32.7 Å². The van der Waals surface area contributed by atoms with E-state index >= 15 is 0 Å². The van der Waals surface area contributed by atoms with Gasteiger partial charge in [0, 0.05) is 43.8 Å². The molecule has 0 bridgehead atoms. The van der Waals surface area contributed by atoms with Crippen molar-refractivity contribution in [2.75, 3.05) is 26.7 Å². The average molecular weight is 560 g/mol. The Morgan fingerprint density at radius 3 is 2.66 bits per heavy atom. The fourth-order valence-corrected chi connectivity index (χ4v) is 6.91. The minimum Gasteiger partial charge on any atom is -0.497 e. The van der Waals surface area contributed by atoms with Crippen LogP contribution in [0.1, 0.15) is 50.2 Å². The van der Waals surface area contributed by atoms with Crippen LogP contribution in [0.5, 0.6) is 5.75 Å². The highest BCUT2D eigenvalue weighted by molar-refractivity contribution is 6.42. The zero-order valence-corrected chi connectivity index (χ0v) is 23.6. The maximum absolute atomic E-state index is 13.2. The predicted molar refractivity (Wildman–Crippen MR) is 149 cm³/mol. The Labute approximate surface area is 235 Å². The fraction of sp³-hybridized carbons (Fsp3) is 0.533. The van der Waals surface area contributed by atoms with Crippen LogP contribution in [0.2, 0.25) is 10.0 Å². The quantitative estimate of drug-likeness (QED) is 0.438. The van der Waals surface area contributed by atoms with Crippen LogP contribution in [0.4, 0.5) is 0 Å². The molecule has 3 aliphatic rings. The van der Waals surface area contributed by atoms with Crippen molar-refractivity contribution < 1.29 is 19.1 Å². The number of likely N-dealkylation sites (tertiary alicyclic amines) is 1. The molecule has 4 atom stereocenters. The Bertz CT molecular complexity index is 1190. The number of halogens is 2. The van der Waals surface area contributed by atoms with Crippen molar-refractivity contribution in [2.45, 2.75) is 63.0 Å². The molecule has 2 aromatic rings. The van der Waals surface area contributed by atoms with Crippen LogP contribution >= 0.6 is 23.2 Å². The standard InChI is InChI=1S/C30H36Cl2N2O4/c1-19(35)38-28-15-23(33-29(36)13-21-8-9-26(31)27(32)12-21)16-30(22-4-3-5-24(14-22)37-2)10-11-34(18-25(28)30)17-20-6-7-20/h3-5,8-9,12,14,20,23,25,28H,6-7,10-11,13,15-18H2,1-2H3,(H,33,36)/t23-,25?,28?,30?/m1/s1. The number of nitrogens with zero attached hydrogens (tertiary/aromatic N) is 1. The smallest absolute Gasteiger partial charge is 0.302 e. The van der Waals surface area contributed by atoms with Crippen LogP contribution in [0, 0.1) is 11.8 Å². The van der Waals surface area contributed by atoms with E-state index in [0.717, 1.165) is 49.7 Å². The molecule has 1 N–H and O–H groups in total. The van der Waals surface area contributed by atoms with E-state index in [2.05, 4.69) is 22.3 Å². The molecule has 8 heteroatoms. The van der Waals surface area contributed by atoms with Gasteiger partial charge in [-0.3, -0.25) is 9.59 Å². The highest BCUT2D eigenvalue weighted by Crippen LogP contribution is 2.51. The van der Waals surface area contributed by atoms with Gasteiger partial charge in [-0.1, -0.05) is 41.4 Å². The molecule has 204 valence electrons. The first-order chi connectivity index (χ1) is 18.3. The summed E-state index contributed by atoms with van der Waals surface area (Å²) in [5, 5.41) is 4.16. The first kappa shape index (κ1) is 27.3. The first-order valence-electron chi connectivity index (χ1n) is 13.5. The Balaban J connectivity index is 1.42. The number of esters is 1. The average Bonchev–Trinajstić information content (AvgIpc) is 3.70. The van der Waals surface area contributed by atoms with E-state index in [1.54, 1.807) is 19.2 Å². The lowest BCUT2D eigenvalue weighted by molar-refractivity contribution is -0.157. The van der Waals surface area contributed by atoms with Gasteiger partial charge < -0.3 is 19.7 Å². The summed E-state index contributed by atoms with van der Waals surface area (Å²) >= 11 is 12.2. The number of hydrogen-bond acceptors (Lipinski definition) is 5. The van der Waals surface area contributed by atoms with Gasteiger partial charge in [0.1, 0.15) is 11.9 Å². The van der Waals surface area contributed by atoms with Gasteiger partial charge in [-0.25, -0.2) is 0 Å². The number of rotatable bonds is 8. The van der Waals surface area contributed by atoms with E-state index in [0.29, 0.717) is 16.5 Å². The summed E-state index contributed by atoms with van der Waals surface area (Å²) in [6.07, 6.45) is 4.85. The largest absolute Gasteiger partial charge is 0.497 e. The monoisotopic (exact) mass is 558 g/mol. The predicted octanol–water partition coefficient (Wildman–Crippen LogP) is 5.42. The number of hydrogen-bond donors (Lipinski definition) is 1. The second-order valence-electron chi connectivity index (χ2n) is 11.2. The van der Waals surface area contributed by atoms with Gasteiger partial charge in [-0.05, 0) is 73.5 Å². The van der Waals surface area contributed by atoms with Gasteiger partial charge in [-0.15, -0.1) is 0 Å². The van der Waals surface area contributed by atoms with Crippen molar-refractivity contribution in [3.63, 3.8) is 0 Å². The normalized spacial score (nSPS) is 27.3. The molecule has 2 saturated carbocycles. The second kappa shape index (κ2) is 11.4. The highest BCUT2D eigenvalue weighted by atomic mass is 35.5. The van der Waals surface area contributed by atoms with E-state index in [-0.39, 0.29) is 41.8 Å². The Morgan fingerprint density at radius 1 is 1.13 bits per heavy atom. The summed E-state index contributed by atoms with van der Waals surface area (Å²) in [6, 6.07) is 13.4. The van der Waals surface area contributed by atoms with Crippen molar-refractivity contribution in [1.29, 1.82) is 0 Å². The van der Waals surface area contributed by atoms with Gasteiger partial charge >= 0.3 is 5.97 Å². The molecular weight excluding hydrogens is 523 g/mol. The number of piperidine rings is 1. The number of benzene rings is 2. The lowest BCUT2D eigenvalue weighted by Crippen LogP contribution is -2.61. The number of carbonyl (C=O) groups excluding carboxylic acids is 2. The van der Waals surface area contributed by atoms with Crippen molar-refractivity contribution in [2.24, 2.45) is 11.8 Å². The van der Waals surface area contributed by atoms with E-state index in [1.165, 1.54) is 25.3 Å². The molecule has 0 spiro atoms. The third-order valence-corrected chi connectivity index (χ3v) is 9.24. The first-order valence-corrected chi connectivity index (χ1v) is 14.3.